The lowest BCUT2D eigenvalue weighted by Crippen LogP contribution is -2.38. The highest BCUT2D eigenvalue weighted by atomic mass is 16.5. The molecule has 2 aromatic carbocycles. The first-order valence-electron chi connectivity index (χ1n) is 14.7. The van der Waals surface area contributed by atoms with E-state index in [9.17, 15) is 0 Å². The summed E-state index contributed by atoms with van der Waals surface area (Å²) in [5.41, 5.74) is 7.84. The van der Waals surface area contributed by atoms with E-state index in [-0.39, 0.29) is 0 Å². The van der Waals surface area contributed by atoms with Gasteiger partial charge in [-0.15, -0.1) is 0 Å². The Morgan fingerprint density at radius 1 is 1.00 bits per heavy atom. The van der Waals surface area contributed by atoms with E-state index in [2.05, 4.69) is 64.9 Å². The molecule has 1 aromatic heterocycles. The number of unbranched alkanes of at least 4 members (excludes halogenated alkanes) is 2. The number of hydrogen-bond acceptors (Lipinski definition) is 9. The van der Waals surface area contributed by atoms with Crippen LogP contribution >= 0.6 is 0 Å². The third-order valence-electron chi connectivity index (χ3n) is 7.33. The van der Waals surface area contributed by atoms with Crippen LogP contribution in [0.3, 0.4) is 0 Å². The van der Waals surface area contributed by atoms with Crippen LogP contribution in [-0.2, 0) is 6.54 Å². The second kappa shape index (κ2) is 15.6. The Morgan fingerprint density at radius 2 is 1.80 bits per heavy atom. The number of nitrogens with one attached hydrogen (secondary N) is 2. The quantitative estimate of drug-likeness (QED) is 0.222. The monoisotopic (exact) mass is 549 g/mol. The van der Waals surface area contributed by atoms with Crippen LogP contribution in [-0.4, -0.2) is 86.3 Å². The number of anilines is 2. The standard InChI is InChI=1S/C31H47N7O2/c1-37(2)17-10-16-33-31-35-27-22-29(40-20-9-5-8-15-32)28(39-3)21-26(27)30(36-31)34-25-13-18-38(19-14-25)23-24-11-6-4-7-12-24/h4,6-7,11-12,21-22,25H,5,8-10,13-20,23,32H2,1-3H3,(H2,33,34,35,36). The van der Waals surface area contributed by atoms with Gasteiger partial charge in [-0.1, -0.05) is 30.3 Å². The molecule has 0 atom stereocenters. The summed E-state index contributed by atoms with van der Waals surface area (Å²) in [5, 5.41) is 8.14. The highest BCUT2D eigenvalue weighted by Gasteiger charge is 2.22. The molecule has 0 radical (unpaired) electrons. The molecule has 3 aromatic rings. The molecule has 0 amide bonds. The van der Waals surface area contributed by atoms with Crippen molar-refractivity contribution >= 4 is 22.7 Å². The number of piperidine rings is 1. The van der Waals surface area contributed by atoms with Crippen LogP contribution in [0.4, 0.5) is 11.8 Å². The Bertz CT molecular complexity index is 1170. The molecule has 0 spiro atoms. The number of ether oxygens (including phenoxy) is 2. The van der Waals surface area contributed by atoms with Gasteiger partial charge in [0.1, 0.15) is 5.82 Å². The molecule has 1 saturated heterocycles. The van der Waals surface area contributed by atoms with Crippen LogP contribution in [0.2, 0.25) is 0 Å². The van der Waals surface area contributed by atoms with Gasteiger partial charge in [0, 0.05) is 43.7 Å². The second-order valence-corrected chi connectivity index (χ2v) is 10.9. The number of benzene rings is 2. The zero-order chi connectivity index (χ0) is 28.2. The lowest BCUT2D eigenvalue weighted by Gasteiger charge is -2.33. The molecule has 0 aliphatic carbocycles. The van der Waals surface area contributed by atoms with E-state index in [1.165, 1.54) is 5.56 Å². The number of hydrogen-bond donors (Lipinski definition) is 3. The minimum absolute atomic E-state index is 0.344. The summed E-state index contributed by atoms with van der Waals surface area (Å²) in [6.07, 6.45) is 6.14. The fraction of sp³-hybridized carbons (Fsp3) is 0.548. The predicted molar refractivity (Wildman–Crippen MR) is 165 cm³/mol. The van der Waals surface area contributed by atoms with Crippen LogP contribution in [0.15, 0.2) is 42.5 Å². The summed E-state index contributed by atoms with van der Waals surface area (Å²) in [6.45, 7) is 6.25. The average molecular weight is 550 g/mol. The highest BCUT2D eigenvalue weighted by molar-refractivity contribution is 5.92. The molecule has 40 heavy (non-hydrogen) atoms. The summed E-state index contributed by atoms with van der Waals surface area (Å²) >= 11 is 0. The molecule has 9 nitrogen and oxygen atoms in total. The van der Waals surface area contributed by atoms with E-state index in [0.29, 0.717) is 36.6 Å². The van der Waals surface area contributed by atoms with Gasteiger partial charge in [0.2, 0.25) is 5.95 Å². The second-order valence-electron chi connectivity index (χ2n) is 10.9. The topological polar surface area (TPSA) is 101 Å². The minimum atomic E-state index is 0.344. The van der Waals surface area contributed by atoms with Crippen molar-refractivity contribution in [2.24, 2.45) is 5.73 Å². The van der Waals surface area contributed by atoms with E-state index in [0.717, 1.165) is 88.0 Å². The van der Waals surface area contributed by atoms with Crippen molar-refractivity contribution < 1.29 is 9.47 Å². The summed E-state index contributed by atoms with van der Waals surface area (Å²) in [7, 11) is 5.86. The first kappa shape index (κ1) is 29.8. The molecule has 9 heteroatoms. The van der Waals surface area contributed by atoms with Gasteiger partial charge < -0.3 is 30.7 Å². The molecule has 0 bridgehead atoms. The maximum atomic E-state index is 6.12. The number of methoxy groups -OCH3 is 1. The molecule has 0 saturated carbocycles. The van der Waals surface area contributed by atoms with Gasteiger partial charge in [-0.2, -0.15) is 4.98 Å². The molecule has 4 N–H and O–H groups in total. The minimum Gasteiger partial charge on any atom is -0.493 e. The Kier molecular flexibility index (Phi) is 11.6. The smallest absolute Gasteiger partial charge is 0.225 e. The number of rotatable bonds is 16. The van der Waals surface area contributed by atoms with Crippen LogP contribution < -0.4 is 25.8 Å². The summed E-state index contributed by atoms with van der Waals surface area (Å²) in [5.74, 6) is 2.88. The normalized spacial score (nSPS) is 14.5. The lowest BCUT2D eigenvalue weighted by atomic mass is 10.0. The summed E-state index contributed by atoms with van der Waals surface area (Å²) in [4.78, 5) is 14.5. The van der Waals surface area contributed by atoms with Gasteiger partial charge in [0.15, 0.2) is 11.5 Å². The average Bonchev–Trinajstić information content (AvgIpc) is 2.96. The van der Waals surface area contributed by atoms with Crippen molar-refractivity contribution in [3.05, 3.63) is 48.0 Å². The zero-order valence-electron chi connectivity index (χ0n) is 24.5. The van der Waals surface area contributed by atoms with Gasteiger partial charge in [-0.25, -0.2) is 4.98 Å². The van der Waals surface area contributed by atoms with Gasteiger partial charge >= 0.3 is 0 Å². The molecule has 0 unspecified atom stereocenters. The van der Waals surface area contributed by atoms with Crippen molar-refractivity contribution in [2.45, 2.75) is 51.1 Å². The number of fused-ring (bicyclic) bond motifs is 1. The van der Waals surface area contributed by atoms with E-state index in [1.54, 1.807) is 7.11 Å². The van der Waals surface area contributed by atoms with Gasteiger partial charge in [-0.3, -0.25) is 4.90 Å². The number of likely N-dealkylation sites (tertiary alicyclic amines) is 1. The Hall–Kier alpha value is -3.14. The molecule has 1 aliphatic rings. The largest absolute Gasteiger partial charge is 0.493 e. The van der Waals surface area contributed by atoms with E-state index < -0.39 is 0 Å². The van der Waals surface area contributed by atoms with Gasteiger partial charge in [-0.05, 0) is 77.3 Å². The maximum Gasteiger partial charge on any atom is 0.225 e. The van der Waals surface area contributed by atoms with Crippen molar-refractivity contribution in [3.63, 3.8) is 0 Å². The zero-order valence-corrected chi connectivity index (χ0v) is 24.5. The van der Waals surface area contributed by atoms with Crippen molar-refractivity contribution in [3.8, 4) is 11.5 Å². The lowest BCUT2D eigenvalue weighted by molar-refractivity contribution is 0.211. The summed E-state index contributed by atoms with van der Waals surface area (Å²) < 4.78 is 11.8. The fourth-order valence-electron chi connectivity index (χ4n) is 5.07. The molecule has 4 rings (SSSR count). The van der Waals surface area contributed by atoms with E-state index in [1.807, 2.05) is 12.1 Å². The van der Waals surface area contributed by atoms with E-state index >= 15 is 0 Å². The number of nitrogens with zero attached hydrogens (tertiary/aromatic N) is 4. The van der Waals surface area contributed by atoms with Crippen LogP contribution in [0.25, 0.3) is 10.9 Å². The summed E-state index contributed by atoms with van der Waals surface area (Å²) in [6, 6.07) is 15.0. The number of nitrogens with two attached hydrogens (primary N) is 1. The fourth-order valence-corrected chi connectivity index (χ4v) is 5.07. The van der Waals surface area contributed by atoms with Gasteiger partial charge in [0.25, 0.3) is 0 Å². The maximum absolute atomic E-state index is 6.12. The third-order valence-corrected chi connectivity index (χ3v) is 7.33. The van der Waals surface area contributed by atoms with Gasteiger partial charge in [0.05, 0.1) is 19.2 Å². The molecule has 1 fully saturated rings. The SMILES string of the molecule is COc1cc2c(NC3CCN(Cc4ccccc4)CC3)nc(NCCCN(C)C)nc2cc1OCCCCCN. The van der Waals surface area contributed by atoms with Crippen LogP contribution in [0.5, 0.6) is 11.5 Å². The first-order valence-corrected chi connectivity index (χ1v) is 14.7. The molecular formula is C31H47N7O2. The molecule has 1 aliphatic heterocycles. The Balaban J connectivity index is 1.49. The van der Waals surface area contributed by atoms with Crippen molar-refractivity contribution in [1.82, 2.24) is 19.8 Å². The molecular weight excluding hydrogens is 502 g/mol. The van der Waals surface area contributed by atoms with E-state index in [4.69, 9.17) is 25.2 Å². The molecule has 218 valence electrons. The first-order chi connectivity index (χ1) is 19.6. The van der Waals surface area contributed by atoms with Crippen molar-refractivity contribution in [2.75, 3.05) is 71.2 Å². The molecule has 2 heterocycles. The van der Waals surface area contributed by atoms with Crippen LogP contribution in [0.1, 0.15) is 44.1 Å². The van der Waals surface area contributed by atoms with Crippen LogP contribution in [0, 0.1) is 0 Å². The third kappa shape index (κ3) is 8.94. The Labute approximate surface area is 239 Å². The highest BCUT2D eigenvalue weighted by Crippen LogP contribution is 2.35. The Morgan fingerprint density at radius 3 is 2.52 bits per heavy atom. The van der Waals surface area contributed by atoms with Crippen molar-refractivity contribution in [1.29, 1.82) is 0 Å². The number of aromatic nitrogens is 2. The predicted octanol–water partition coefficient (Wildman–Crippen LogP) is 4.59.